The smallest absolute Gasteiger partial charge is 0.476 e. The Morgan fingerprint density at radius 2 is 1.65 bits per heavy atom. The van der Waals surface area contributed by atoms with E-state index in [2.05, 4.69) is 0 Å². The van der Waals surface area contributed by atoms with E-state index in [1.165, 1.54) is 13.1 Å². The van der Waals surface area contributed by atoms with E-state index in [1.807, 2.05) is 0 Å². The molecule has 1 aliphatic rings. The van der Waals surface area contributed by atoms with Gasteiger partial charge in [0.1, 0.15) is 12.1 Å². The first-order chi connectivity index (χ1) is 11.9. The van der Waals surface area contributed by atoms with Crippen molar-refractivity contribution in [2.45, 2.75) is 38.4 Å². The number of carboxylic acids is 1. The van der Waals surface area contributed by atoms with Crippen LogP contribution in [0.25, 0.3) is 0 Å². The molecule has 1 heterocycles. The molecule has 1 aromatic rings. The van der Waals surface area contributed by atoms with Gasteiger partial charge in [0.15, 0.2) is 0 Å². The highest BCUT2D eigenvalue weighted by atomic mass is 16.4. The van der Waals surface area contributed by atoms with Gasteiger partial charge in [-0.1, -0.05) is 30.3 Å². The minimum atomic E-state index is -2.15. The fourth-order valence-electron chi connectivity index (χ4n) is 3.92. The second-order valence-corrected chi connectivity index (χ2v) is 7.51. The lowest BCUT2D eigenvalue weighted by molar-refractivity contribution is -0.932. The van der Waals surface area contributed by atoms with Crippen molar-refractivity contribution in [3.8, 4) is 0 Å². The number of hydrogen-bond acceptors (Lipinski definition) is 4. The normalized spacial score (nSPS) is 29.0. The van der Waals surface area contributed by atoms with Gasteiger partial charge in [0.2, 0.25) is 5.78 Å². The third kappa shape index (κ3) is 2.42. The van der Waals surface area contributed by atoms with Crippen LogP contribution in [0.4, 0.5) is 4.79 Å². The molecule has 26 heavy (non-hydrogen) atoms. The second-order valence-electron chi connectivity index (χ2n) is 7.51. The number of aliphatic carboxylic acids is 1. The van der Waals surface area contributed by atoms with Crippen molar-refractivity contribution in [2.24, 2.45) is 0 Å². The van der Waals surface area contributed by atoms with Crippen LogP contribution in [-0.2, 0) is 16.1 Å². The molecule has 0 aliphatic carbocycles. The average molecular weight is 361 g/mol. The number of rotatable bonds is 4. The van der Waals surface area contributed by atoms with Gasteiger partial charge >= 0.3 is 12.1 Å². The maximum Gasteiger partial charge on any atom is 0.515 e. The molecule has 1 saturated heterocycles. The third-order valence-corrected chi connectivity index (χ3v) is 5.46. The summed E-state index contributed by atoms with van der Waals surface area (Å²) in [5, 5.41) is 20.2. The molecule has 2 atom stereocenters. The lowest BCUT2D eigenvalue weighted by atomic mass is 9.92. The van der Waals surface area contributed by atoms with E-state index < -0.39 is 33.4 Å². The largest absolute Gasteiger partial charge is 0.515 e. The summed E-state index contributed by atoms with van der Waals surface area (Å²) in [6.45, 7) is 4.33. The van der Waals surface area contributed by atoms with Gasteiger partial charge in [-0.05, 0) is 13.8 Å². The number of Topliss-reactive ketones (excluding diaryl/α,β-unsaturated/α-hetero) is 1. The van der Waals surface area contributed by atoms with Gasteiger partial charge in [0.05, 0.1) is 5.57 Å². The molecule has 0 spiro atoms. The maximum atomic E-state index is 13.2. The fraction of sp³-hybridized carbons (Fsp3) is 0.421. The summed E-state index contributed by atoms with van der Waals surface area (Å²) in [7, 11) is 3.42. The summed E-state index contributed by atoms with van der Waals surface area (Å²) in [6.07, 6.45) is 0.177. The molecule has 140 valence electrons. The van der Waals surface area contributed by atoms with Crippen LogP contribution in [0, 0.1) is 0 Å². The second kappa shape index (κ2) is 6.25. The van der Waals surface area contributed by atoms with Crippen molar-refractivity contribution in [1.82, 2.24) is 4.90 Å². The number of carbonyl (C=O) groups is 3. The van der Waals surface area contributed by atoms with Crippen LogP contribution < -0.4 is 0 Å². The molecular weight excluding hydrogens is 336 g/mol. The van der Waals surface area contributed by atoms with Crippen LogP contribution in [0.2, 0.25) is 0 Å². The number of carbonyl (C=O) groups excluding carboxylic acids is 1. The Balaban J connectivity index is 2.86. The van der Waals surface area contributed by atoms with E-state index >= 15 is 0 Å². The van der Waals surface area contributed by atoms with Crippen molar-refractivity contribution in [3.05, 3.63) is 47.7 Å². The van der Waals surface area contributed by atoms with E-state index in [0.717, 1.165) is 0 Å². The van der Waals surface area contributed by atoms with E-state index in [1.54, 1.807) is 63.2 Å². The first kappa shape index (κ1) is 19.7. The zero-order valence-electron chi connectivity index (χ0n) is 15.7. The standard InChI is InChI=1S/C19H24N2O5/c1-18(2)14(11-20(4)5)15(22)19(3,16(23)24)21(18,17(25)26)12-13-9-7-6-8-10-13/h6-11H,12H2,1-5H3,(H-,23,24,25,26)/p+1/b14-11+. The molecule has 2 N–H and O–H groups in total. The van der Waals surface area contributed by atoms with Gasteiger partial charge in [-0.15, -0.1) is 0 Å². The Hall–Kier alpha value is -2.67. The number of quaternary nitrogens is 1. The molecule has 2 rings (SSSR count). The minimum absolute atomic E-state index is 0.123. The number of amides is 1. The van der Waals surface area contributed by atoms with E-state index in [-0.39, 0.29) is 12.1 Å². The number of carboxylic acid groups (broad SMARTS) is 2. The number of benzene rings is 1. The Bertz CT molecular complexity index is 784. The zero-order valence-corrected chi connectivity index (χ0v) is 15.7. The third-order valence-electron chi connectivity index (χ3n) is 5.46. The van der Waals surface area contributed by atoms with Crippen LogP contribution in [0.15, 0.2) is 42.1 Å². The molecule has 1 fully saturated rings. The predicted molar refractivity (Wildman–Crippen MR) is 95.3 cm³/mol. The first-order valence-electron chi connectivity index (χ1n) is 8.25. The molecule has 1 aromatic carbocycles. The number of hydrogen-bond donors (Lipinski definition) is 2. The molecule has 0 bridgehead atoms. The fourth-order valence-corrected chi connectivity index (χ4v) is 3.92. The minimum Gasteiger partial charge on any atom is -0.476 e. The Labute approximate surface area is 152 Å². The van der Waals surface area contributed by atoms with Crippen molar-refractivity contribution < 1.29 is 29.1 Å². The molecule has 7 nitrogen and oxygen atoms in total. The van der Waals surface area contributed by atoms with Crippen LogP contribution in [-0.4, -0.2) is 62.6 Å². The SMILES string of the molecule is CN(C)/C=C1\C(=O)C(C)(C(=O)O)[N+](Cc2ccccc2)(C(=O)O)C1(C)C. The highest BCUT2D eigenvalue weighted by Gasteiger charge is 2.77. The number of likely N-dealkylation sites (tertiary alicyclic amines) is 1. The Morgan fingerprint density at radius 1 is 1.12 bits per heavy atom. The lowest BCUT2D eigenvalue weighted by Crippen LogP contribution is -2.72. The van der Waals surface area contributed by atoms with Crippen LogP contribution >= 0.6 is 0 Å². The molecule has 1 amide bonds. The summed E-state index contributed by atoms with van der Waals surface area (Å²) in [4.78, 5) is 39.6. The van der Waals surface area contributed by atoms with E-state index in [4.69, 9.17) is 0 Å². The van der Waals surface area contributed by atoms with Crippen LogP contribution in [0.1, 0.15) is 26.3 Å². The summed E-state index contributed by atoms with van der Waals surface area (Å²) in [6, 6.07) is 8.78. The van der Waals surface area contributed by atoms with E-state index in [0.29, 0.717) is 5.56 Å². The zero-order chi connectivity index (χ0) is 19.9. The monoisotopic (exact) mass is 361 g/mol. The summed E-state index contributed by atoms with van der Waals surface area (Å²) < 4.78 is -0.933. The molecule has 0 aromatic heterocycles. The van der Waals surface area contributed by atoms with E-state index in [9.17, 15) is 24.6 Å². The summed E-state index contributed by atoms with van der Waals surface area (Å²) in [5.74, 6) is -2.13. The first-order valence-corrected chi connectivity index (χ1v) is 8.25. The van der Waals surface area contributed by atoms with Crippen LogP contribution in [0.3, 0.4) is 0 Å². The van der Waals surface area contributed by atoms with Gasteiger partial charge in [-0.25, -0.2) is 4.79 Å². The maximum absolute atomic E-state index is 13.2. The quantitative estimate of drug-likeness (QED) is 0.486. The molecule has 0 radical (unpaired) electrons. The Kier molecular flexibility index (Phi) is 4.72. The molecule has 0 saturated carbocycles. The van der Waals surface area contributed by atoms with Crippen molar-refractivity contribution in [3.63, 3.8) is 0 Å². The van der Waals surface area contributed by atoms with Gasteiger partial charge in [-0.2, -0.15) is 9.28 Å². The predicted octanol–water partition coefficient (Wildman–Crippen LogP) is 2.33. The van der Waals surface area contributed by atoms with Gasteiger partial charge in [0, 0.05) is 32.8 Å². The van der Waals surface area contributed by atoms with Gasteiger partial charge in [-0.3, -0.25) is 4.79 Å². The summed E-state index contributed by atoms with van der Waals surface area (Å²) in [5.41, 5.74) is -2.57. The van der Waals surface area contributed by atoms with Gasteiger partial charge < -0.3 is 15.1 Å². The van der Waals surface area contributed by atoms with Crippen molar-refractivity contribution in [2.75, 3.05) is 14.1 Å². The molecular formula is C19H25N2O5+. The number of nitrogens with zero attached hydrogens (tertiary/aromatic N) is 2. The van der Waals surface area contributed by atoms with Crippen LogP contribution in [0.5, 0.6) is 0 Å². The molecule has 7 heteroatoms. The van der Waals surface area contributed by atoms with Crippen molar-refractivity contribution in [1.29, 1.82) is 0 Å². The highest BCUT2D eigenvalue weighted by Crippen LogP contribution is 2.51. The highest BCUT2D eigenvalue weighted by molar-refractivity contribution is 6.18. The topological polar surface area (TPSA) is 94.9 Å². The molecule has 2 unspecified atom stereocenters. The van der Waals surface area contributed by atoms with Gasteiger partial charge in [0.25, 0.3) is 5.54 Å². The average Bonchev–Trinajstić information content (AvgIpc) is 2.67. The number of ketones is 1. The summed E-state index contributed by atoms with van der Waals surface area (Å²) >= 11 is 0. The lowest BCUT2D eigenvalue weighted by Gasteiger charge is -2.45. The van der Waals surface area contributed by atoms with Crippen molar-refractivity contribution >= 4 is 17.8 Å². The molecule has 1 aliphatic heterocycles. The Morgan fingerprint density at radius 3 is 2.08 bits per heavy atom.